The second kappa shape index (κ2) is 6.97. The summed E-state index contributed by atoms with van der Waals surface area (Å²) in [5.41, 5.74) is 4.15. The summed E-state index contributed by atoms with van der Waals surface area (Å²) in [5, 5.41) is 2.65. The summed E-state index contributed by atoms with van der Waals surface area (Å²) in [5.74, 6) is -0.00938. The Kier molecular flexibility index (Phi) is 4.48. The third-order valence-electron chi connectivity index (χ3n) is 4.42. The minimum absolute atomic E-state index is 0.00938. The fourth-order valence-corrected chi connectivity index (χ4v) is 3.56. The Balaban J connectivity index is 1.70. The summed E-state index contributed by atoms with van der Waals surface area (Å²) >= 11 is 0. The number of nitrogens with zero attached hydrogens (tertiary/aromatic N) is 1. The molecule has 142 valence electrons. The minimum Gasteiger partial charge on any atom is -0.338 e. The molecule has 2 aromatic carbocycles. The molecule has 0 saturated carbocycles. The molecular formula is C20H17N3O4S. The van der Waals surface area contributed by atoms with Crippen molar-refractivity contribution in [3.8, 4) is 11.3 Å². The number of H-pyrrole nitrogens is 1. The van der Waals surface area contributed by atoms with Crippen LogP contribution >= 0.6 is 0 Å². The van der Waals surface area contributed by atoms with Crippen molar-refractivity contribution in [2.45, 2.75) is 6.92 Å². The van der Waals surface area contributed by atoms with Gasteiger partial charge in [-0.2, -0.15) is 0 Å². The van der Waals surface area contributed by atoms with Gasteiger partial charge in [-0.25, -0.2) is 18.4 Å². The number of benzene rings is 2. The predicted octanol–water partition coefficient (Wildman–Crippen LogP) is 3.65. The number of fused-ring (bicyclic) bond motifs is 1. The highest BCUT2D eigenvalue weighted by Crippen LogP contribution is 2.33. The predicted molar refractivity (Wildman–Crippen MR) is 110 cm³/mol. The van der Waals surface area contributed by atoms with Crippen molar-refractivity contribution in [3.63, 3.8) is 0 Å². The molecule has 0 unspecified atom stereocenters. The van der Waals surface area contributed by atoms with E-state index in [1.807, 2.05) is 24.3 Å². The highest BCUT2D eigenvalue weighted by Gasteiger charge is 2.17. The van der Waals surface area contributed by atoms with Crippen LogP contribution in [0.4, 0.5) is 11.4 Å². The average Bonchev–Trinajstić information content (AvgIpc) is 3.27. The van der Waals surface area contributed by atoms with Crippen LogP contribution in [0.15, 0.2) is 62.8 Å². The number of para-hydroxylation sites is 1. The maximum atomic E-state index is 12.2. The van der Waals surface area contributed by atoms with Gasteiger partial charge in [-0.15, -0.1) is 0 Å². The molecule has 28 heavy (non-hydrogen) atoms. The maximum absolute atomic E-state index is 12.2. The third-order valence-corrected chi connectivity index (χ3v) is 5.73. The second-order valence-corrected chi connectivity index (χ2v) is 8.25. The molecule has 0 saturated heterocycles. The van der Waals surface area contributed by atoms with Gasteiger partial charge in [-0.3, -0.25) is 9.71 Å². The number of aromatic nitrogens is 1. The lowest BCUT2D eigenvalue weighted by atomic mass is 10.0. The van der Waals surface area contributed by atoms with Crippen LogP contribution in [0.3, 0.4) is 0 Å². The highest BCUT2D eigenvalue weighted by atomic mass is 32.2. The standard InChI is InChI=1S/C20H17N3O4S/c1-2-28(25,26)23-15-9-7-13(8-10-15)19-17(20(24)27-22-19)11-14-12-21-18-6-4-3-5-16(14)18/h3-12,22-23H,2H2,1H3/b14-11+. The first-order valence-corrected chi connectivity index (χ1v) is 10.3. The van der Waals surface area contributed by atoms with Gasteiger partial charge in [0.2, 0.25) is 10.0 Å². The minimum atomic E-state index is -3.35. The first kappa shape index (κ1) is 18.0. The summed E-state index contributed by atoms with van der Waals surface area (Å²) in [6.45, 7) is 1.57. The number of sulfonamides is 1. The molecule has 0 radical (unpaired) electrons. The smallest absolute Gasteiger partial charge is 0.338 e. The lowest BCUT2D eigenvalue weighted by molar-refractivity contribution is 0.393. The van der Waals surface area contributed by atoms with Crippen LogP contribution in [0.1, 0.15) is 18.1 Å². The van der Waals surface area contributed by atoms with Crippen LogP contribution in [0, 0.1) is 0 Å². The molecule has 1 aliphatic heterocycles. The van der Waals surface area contributed by atoms with E-state index < -0.39 is 15.6 Å². The molecule has 2 N–H and O–H groups in total. The van der Waals surface area contributed by atoms with Crippen molar-refractivity contribution < 1.29 is 12.9 Å². The Morgan fingerprint density at radius 3 is 2.64 bits per heavy atom. The lowest BCUT2D eigenvalue weighted by Crippen LogP contribution is -2.14. The zero-order chi connectivity index (χ0) is 19.7. The summed E-state index contributed by atoms with van der Waals surface area (Å²) in [4.78, 5) is 16.6. The summed E-state index contributed by atoms with van der Waals surface area (Å²) in [7, 11) is -3.35. The number of hydrogen-bond acceptors (Lipinski definition) is 5. The Bertz CT molecular complexity index is 1250. The van der Waals surface area contributed by atoms with Crippen molar-refractivity contribution >= 4 is 39.3 Å². The van der Waals surface area contributed by atoms with Gasteiger partial charge in [0, 0.05) is 28.6 Å². The van der Waals surface area contributed by atoms with Gasteiger partial charge in [0.25, 0.3) is 0 Å². The van der Waals surface area contributed by atoms with Crippen LogP contribution in [0.2, 0.25) is 0 Å². The van der Waals surface area contributed by atoms with E-state index >= 15 is 0 Å². The third kappa shape index (κ3) is 3.41. The van der Waals surface area contributed by atoms with Crippen LogP contribution < -0.4 is 10.3 Å². The molecule has 0 atom stereocenters. The molecule has 4 rings (SSSR count). The summed E-state index contributed by atoms with van der Waals surface area (Å²) < 4.78 is 30.8. The van der Waals surface area contributed by atoms with Crippen LogP contribution in [-0.2, 0) is 10.0 Å². The number of aliphatic imine (C=N–C) groups is 1. The Hall–Kier alpha value is -3.39. The second-order valence-electron chi connectivity index (χ2n) is 6.24. The number of nitrogens with one attached hydrogen (secondary N) is 2. The van der Waals surface area contributed by atoms with Crippen molar-refractivity contribution in [1.29, 1.82) is 0 Å². The van der Waals surface area contributed by atoms with Gasteiger partial charge < -0.3 is 4.52 Å². The molecule has 0 bridgehead atoms. The first-order valence-electron chi connectivity index (χ1n) is 8.64. The van der Waals surface area contributed by atoms with E-state index in [4.69, 9.17) is 4.52 Å². The quantitative estimate of drug-likeness (QED) is 0.688. The van der Waals surface area contributed by atoms with Crippen molar-refractivity contribution in [2.24, 2.45) is 4.99 Å². The van der Waals surface area contributed by atoms with Gasteiger partial charge in [-0.05, 0) is 31.2 Å². The van der Waals surface area contributed by atoms with Crippen LogP contribution in [0.25, 0.3) is 22.9 Å². The van der Waals surface area contributed by atoms with Gasteiger partial charge >= 0.3 is 5.63 Å². The zero-order valence-corrected chi connectivity index (χ0v) is 15.8. The Morgan fingerprint density at radius 2 is 1.89 bits per heavy atom. The van der Waals surface area contributed by atoms with Crippen LogP contribution in [-0.4, -0.2) is 25.5 Å². The lowest BCUT2D eigenvalue weighted by Gasteiger charge is -2.06. The van der Waals surface area contributed by atoms with Crippen molar-refractivity contribution in [3.05, 3.63) is 70.1 Å². The van der Waals surface area contributed by atoms with E-state index in [0.29, 0.717) is 22.5 Å². The van der Waals surface area contributed by atoms with Gasteiger partial charge in [0.05, 0.1) is 22.7 Å². The van der Waals surface area contributed by atoms with Gasteiger partial charge in [0.1, 0.15) is 0 Å². The molecule has 0 spiro atoms. The molecular weight excluding hydrogens is 378 g/mol. The summed E-state index contributed by atoms with van der Waals surface area (Å²) in [6.07, 6.45) is 3.45. The maximum Gasteiger partial charge on any atom is 0.365 e. The highest BCUT2D eigenvalue weighted by molar-refractivity contribution is 7.92. The van der Waals surface area contributed by atoms with E-state index in [1.54, 1.807) is 43.5 Å². The topological polar surface area (TPSA) is 105 Å². The number of aromatic amines is 1. The normalized spacial score (nSPS) is 14.4. The summed E-state index contributed by atoms with van der Waals surface area (Å²) in [6, 6.07) is 14.4. The van der Waals surface area contributed by atoms with E-state index in [0.717, 1.165) is 16.8 Å². The van der Waals surface area contributed by atoms with E-state index in [2.05, 4.69) is 14.9 Å². The van der Waals surface area contributed by atoms with Crippen molar-refractivity contribution in [2.75, 3.05) is 10.5 Å². The molecule has 0 amide bonds. The van der Waals surface area contributed by atoms with Crippen molar-refractivity contribution in [1.82, 2.24) is 5.16 Å². The average molecular weight is 395 g/mol. The number of hydrogen-bond donors (Lipinski definition) is 2. The molecule has 7 nitrogen and oxygen atoms in total. The van der Waals surface area contributed by atoms with E-state index in [9.17, 15) is 13.2 Å². The fourth-order valence-electron chi connectivity index (χ4n) is 2.92. The molecule has 8 heteroatoms. The molecule has 2 heterocycles. The monoisotopic (exact) mass is 395 g/mol. The molecule has 0 aliphatic carbocycles. The van der Waals surface area contributed by atoms with Crippen LogP contribution in [0.5, 0.6) is 0 Å². The van der Waals surface area contributed by atoms with Gasteiger partial charge in [0.15, 0.2) is 0 Å². The SMILES string of the molecule is CCS(=O)(=O)Nc1ccc(-c2[nH]oc(=O)c2/C=C2\C=Nc3ccccc32)cc1. The van der Waals surface area contributed by atoms with E-state index in [1.165, 1.54) is 0 Å². The first-order chi connectivity index (χ1) is 13.5. The molecule has 3 aromatic rings. The van der Waals surface area contributed by atoms with Gasteiger partial charge in [-0.1, -0.05) is 30.3 Å². The molecule has 1 aromatic heterocycles. The number of allylic oxidation sites excluding steroid dienone is 1. The Labute approximate surface area is 161 Å². The fraction of sp³-hybridized carbons (Fsp3) is 0.100. The molecule has 0 fully saturated rings. The Morgan fingerprint density at radius 1 is 1.14 bits per heavy atom. The largest absolute Gasteiger partial charge is 0.365 e. The number of anilines is 1. The zero-order valence-electron chi connectivity index (χ0n) is 15.0. The van der Waals surface area contributed by atoms with E-state index in [-0.39, 0.29) is 5.75 Å². The number of rotatable bonds is 5. The molecule has 1 aliphatic rings.